The molecule has 24 nitrogen and oxygen atoms in total. The fourth-order valence-electron chi connectivity index (χ4n) is 6.52. The van der Waals surface area contributed by atoms with Gasteiger partial charge in [-0.15, -0.1) is 5.75 Å². The minimum absolute atomic E-state index is 0.143. The molecule has 0 bridgehead atoms. The third kappa shape index (κ3) is 11.7. The highest BCUT2D eigenvalue weighted by atomic mass is 16.7. The molecule has 0 unspecified atom stereocenters. The maximum atomic E-state index is 13.0. The summed E-state index contributed by atoms with van der Waals surface area (Å²) in [5.74, 6) is -9.85. The molecular weight excluding hydrogens is 888 g/mol. The summed E-state index contributed by atoms with van der Waals surface area (Å²) in [6.07, 6.45) is -19.5. The number of hydrogen-bond donors (Lipinski definition) is 8. The van der Waals surface area contributed by atoms with Gasteiger partial charge in [-0.1, -0.05) is 42.1 Å². The number of carbonyl (C=O) groups excluding carboxylic acids is 3. The number of carbonyl (C=O) groups is 5. The Hall–Kier alpha value is -7.32. The van der Waals surface area contributed by atoms with Crippen molar-refractivity contribution < 1.29 is 113 Å². The average Bonchev–Trinajstić information content (AvgIpc) is 3.25. The van der Waals surface area contributed by atoms with Gasteiger partial charge in [0.05, 0.1) is 5.56 Å². The van der Waals surface area contributed by atoms with Crippen LogP contribution in [0, 0.1) is 0 Å². The van der Waals surface area contributed by atoms with Crippen LogP contribution in [0.4, 0.5) is 0 Å². The zero-order valence-electron chi connectivity index (χ0n) is 33.6. The highest BCUT2D eigenvalue weighted by Gasteiger charge is 2.49. The normalized spacial score (nSPS) is 25.2. The number of phenolic OH excluding ortho intramolecular Hbond substituents is 1. The number of aromatic hydroxyl groups is 1. The number of phenols is 1. The quantitative estimate of drug-likeness (QED) is 0.0259. The van der Waals surface area contributed by atoms with E-state index in [1.165, 1.54) is 24.3 Å². The Kier molecular flexibility index (Phi) is 15.1. The number of rotatable bonds is 16. The molecule has 0 radical (unpaired) electrons. The summed E-state index contributed by atoms with van der Waals surface area (Å²) >= 11 is 0. The molecule has 6 rings (SSSR count). The summed E-state index contributed by atoms with van der Waals surface area (Å²) in [6, 6.07) is 11.4. The number of hydrogen-bond acceptors (Lipinski definition) is 22. The molecule has 8 N–H and O–H groups in total. The summed E-state index contributed by atoms with van der Waals surface area (Å²) in [6.45, 7) is -1.66. The van der Waals surface area contributed by atoms with E-state index in [0.717, 1.165) is 48.5 Å². The molecule has 2 saturated heterocycles. The van der Waals surface area contributed by atoms with E-state index in [4.69, 9.17) is 47.8 Å². The Morgan fingerprint density at radius 3 is 1.97 bits per heavy atom. The molecule has 4 aliphatic rings. The van der Waals surface area contributed by atoms with Gasteiger partial charge in [0.1, 0.15) is 86.0 Å². The second-order valence-corrected chi connectivity index (χ2v) is 14.5. The number of carboxylic acid groups (broad SMARTS) is 2. The van der Waals surface area contributed by atoms with Crippen LogP contribution in [-0.2, 0) is 47.7 Å². The third-order valence-corrected chi connectivity index (χ3v) is 9.75. The van der Waals surface area contributed by atoms with Gasteiger partial charge in [-0.3, -0.25) is 24.0 Å². The Bertz CT molecular complexity index is 2480. The fraction of sp³-hybridized carbons (Fsp3) is 0.333. The van der Waals surface area contributed by atoms with Crippen LogP contribution in [0.2, 0.25) is 0 Å². The summed E-state index contributed by atoms with van der Waals surface area (Å²) in [5, 5.41) is 106. The first-order valence-corrected chi connectivity index (χ1v) is 19.4. The molecule has 0 saturated carbocycles. The van der Waals surface area contributed by atoms with Crippen LogP contribution in [0.5, 0.6) is 28.7 Å². The van der Waals surface area contributed by atoms with E-state index in [0.29, 0.717) is 0 Å². The zero-order chi connectivity index (χ0) is 48.0. The van der Waals surface area contributed by atoms with Gasteiger partial charge in [0, 0.05) is 23.8 Å². The molecule has 0 aromatic heterocycles. The predicted molar refractivity (Wildman–Crippen MR) is 208 cm³/mol. The molecular formula is C42H38O24-2. The Balaban J connectivity index is 1.30. The number of aliphatic carboxylic acids is 2. The largest absolute Gasteiger partial charge is 0.872 e. The number of aliphatic hydroxyl groups excluding tert-OH is 5. The van der Waals surface area contributed by atoms with E-state index in [9.17, 15) is 69.6 Å². The Labute approximate surface area is 369 Å². The van der Waals surface area contributed by atoms with E-state index in [1.807, 2.05) is 0 Å². The van der Waals surface area contributed by atoms with Gasteiger partial charge >= 0.3 is 29.8 Å². The molecule has 3 heterocycles. The van der Waals surface area contributed by atoms with Crippen molar-refractivity contribution in [1.82, 2.24) is 0 Å². The molecule has 2 aromatic carbocycles. The summed E-state index contributed by atoms with van der Waals surface area (Å²) < 4.78 is 44.4. The number of carboxylic acids is 2. The summed E-state index contributed by atoms with van der Waals surface area (Å²) in [4.78, 5) is 72.0. The van der Waals surface area contributed by atoms with E-state index < -0.39 is 146 Å². The van der Waals surface area contributed by atoms with Gasteiger partial charge in [0.2, 0.25) is 12.6 Å². The van der Waals surface area contributed by atoms with Gasteiger partial charge in [-0.05, 0) is 23.8 Å². The number of ether oxygens (including phenoxy) is 7. The van der Waals surface area contributed by atoms with Crippen molar-refractivity contribution in [2.75, 3.05) is 13.2 Å². The van der Waals surface area contributed by atoms with Gasteiger partial charge in [-0.25, -0.2) is 4.79 Å². The first-order chi connectivity index (χ1) is 31.3. The van der Waals surface area contributed by atoms with Crippen LogP contribution in [0.1, 0.15) is 18.4 Å². The second kappa shape index (κ2) is 20.7. The molecule has 2 aromatic rings. The van der Waals surface area contributed by atoms with Gasteiger partial charge < -0.3 is 88.6 Å². The second-order valence-electron chi connectivity index (χ2n) is 14.5. The lowest BCUT2D eigenvalue weighted by atomic mass is 9.98. The minimum Gasteiger partial charge on any atom is -0.872 e. The lowest BCUT2D eigenvalue weighted by Gasteiger charge is -2.41. The van der Waals surface area contributed by atoms with Crippen LogP contribution in [0.3, 0.4) is 0 Å². The monoisotopic (exact) mass is 926 g/mol. The lowest BCUT2D eigenvalue weighted by molar-refractivity contribution is -0.282. The molecule has 0 amide bonds. The maximum absolute atomic E-state index is 13.0. The van der Waals surface area contributed by atoms with Crippen LogP contribution < -0.4 is 25.1 Å². The minimum atomic E-state index is -2.17. The highest BCUT2D eigenvalue weighted by molar-refractivity contribution is 5.91. The SMILES string of the molecule is O=C(O)CC(=O)OC[C@H]1O[C@@H](Oc2cc(=O)cc3oc(-c4ccc([O-])cc4)c(O[C@@H]4O[C@H](COC(=O)C=Cc5ccc([O-])c(O)c5)[C@@H](O)[C@H](O)[C@H]4O)cc2-3)[C@H](O)[C@@H](O)[C@@H]1OC(=O)CC(=O)O. The molecule has 352 valence electrons. The Morgan fingerprint density at radius 2 is 1.30 bits per heavy atom. The maximum Gasteiger partial charge on any atom is 0.330 e. The predicted octanol–water partition coefficient (Wildman–Crippen LogP) is -2.06. The molecule has 10 atom stereocenters. The summed E-state index contributed by atoms with van der Waals surface area (Å²) in [7, 11) is 0. The number of aliphatic hydroxyl groups is 5. The van der Waals surface area contributed by atoms with E-state index >= 15 is 0 Å². The van der Waals surface area contributed by atoms with Crippen molar-refractivity contribution in [2.24, 2.45) is 0 Å². The van der Waals surface area contributed by atoms with Gasteiger partial charge in [0.25, 0.3) is 0 Å². The smallest absolute Gasteiger partial charge is 0.330 e. The number of esters is 3. The first-order valence-electron chi connectivity index (χ1n) is 19.4. The zero-order valence-corrected chi connectivity index (χ0v) is 33.6. The van der Waals surface area contributed by atoms with Gasteiger partial charge in [-0.2, -0.15) is 0 Å². The van der Waals surface area contributed by atoms with Crippen LogP contribution in [0.15, 0.2) is 76.0 Å². The first kappa shape index (κ1) is 48.1. The number of fused-ring (bicyclic) bond motifs is 1. The summed E-state index contributed by atoms with van der Waals surface area (Å²) in [5.41, 5.74) is -0.543. The van der Waals surface area contributed by atoms with Crippen LogP contribution in [-0.4, -0.2) is 145 Å². The lowest BCUT2D eigenvalue weighted by Crippen LogP contribution is -2.61. The Morgan fingerprint density at radius 1 is 0.682 bits per heavy atom. The van der Waals surface area contributed by atoms with Crippen molar-refractivity contribution >= 4 is 35.9 Å². The average molecular weight is 927 g/mol. The van der Waals surface area contributed by atoms with Crippen LogP contribution >= 0.6 is 0 Å². The molecule has 0 spiro atoms. The third-order valence-electron chi connectivity index (χ3n) is 9.75. The highest BCUT2D eigenvalue weighted by Crippen LogP contribution is 2.43. The molecule has 66 heavy (non-hydrogen) atoms. The van der Waals surface area contributed by atoms with Crippen LogP contribution in [0.25, 0.3) is 28.7 Å². The van der Waals surface area contributed by atoms with Crippen molar-refractivity contribution in [2.45, 2.75) is 74.3 Å². The molecule has 2 fully saturated rings. The van der Waals surface area contributed by atoms with Gasteiger partial charge in [0.15, 0.2) is 23.0 Å². The van der Waals surface area contributed by atoms with Crippen molar-refractivity contribution in [1.29, 1.82) is 0 Å². The van der Waals surface area contributed by atoms with E-state index in [2.05, 4.69) is 0 Å². The number of benzene rings is 3. The van der Waals surface area contributed by atoms with E-state index in [-0.39, 0.29) is 34.0 Å². The van der Waals surface area contributed by atoms with E-state index in [1.54, 1.807) is 0 Å². The fourth-order valence-corrected chi connectivity index (χ4v) is 6.52. The molecule has 24 heteroatoms. The standard InChI is InChI=1S/C42H40O24/c43-19-5-3-18(4-6-19)39-26(63-41-37(57)35(55)34(54)27(64-41)15-59-31(51)8-2-17-1-7-22(45)23(46)9-17)12-21-24(61-39)10-20(44)11-25(21)62-42-38(58)36(56)40(66-33(53)14-30(49)50)28(65-42)16-60-32(52)13-29(47)48/h1-12,27-28,34-38,40-43,45-46,54-58H,13-16H2,(H,47,48)(H,49,50)/p-2/t27-,28-,34-,35+,36-,37-,38-,40-,41-,42-/m1/s1. The van der Waals surface area contributed by atoms with Crippen molar-refractivity contribution in [3.63, 3.8) is 0 Å². The molecule has 3 aliphatic heterocycles. The molecule has 1 aliphatic carbocycles. The van der Waals surface area contributed by atoms with Crippen molar-refractivity contribution in [3.8, 4) is 51.4 Å². The van der Waals surface area contributed by atoms with Crippen molar-refractivity contribution in [3.05, 3.63) is 82.5 Å². The topological polar surface area (TPSA) is 388 Å².